The van der Waals surface area contributed by atoms with Crippen molar-refractivity contribution in [1.29, 1.82) is 0 Å². The highest BCUT2D eigenvalue weighted by Crippen LogP contribution is 2.07. The van der Waals surface area contributed by atoms with E-state index in [-0.39, 0.29) is 5.97 Å². The van der Waals surface area contributed by atoms with Crippen LogP contribution < -0.4 is 0 Å². The summed E-state index contributed by atoms with van der Waals surface area (Å²) < 4.78 is 5.25. The monoisotopic (exact) mass is 294 g/mol. The molecule has 21 heavy (non-hydrogen) atoms. The third kappa shape index (κ3) is 16.9. The minimum Gasteiger partial charge on any atom is -0.466 e. The molecule has 0 unspecified atom stereocenters. The van der Waals surface area contributed by atoms with Crippen LogP contribution in [0.4, 0.5) is 0 Å². The predicted octanol–water partition coefficient (Wildman–Crippen LogP) is 5.97. The molecule has 0 N–H and O–H groups in total. The molecule has 122 valence electrons. The van der Waals surface area contributed by atoms with Gasteiger partial charge in [0.1, 0.15) is 0 Å². The number of carbonyl (C=O) groups excluding carboxylic acids is 1. The first-order valence-corrected chi connectivity index (χ1v) is 8.73. The maximum atomic E-state index is 11.5. The SMILES string of the molecule is C/C=C\CCCCCCC(=O)OCCCCCC=CCC. The summed E-state index contributed by atoms with van der Waals surface area (Å²) in [5, 5.41) is 0. The van der Waals surface area contributed by atoms with Crippen LogP contribution in [0.2, 0.25) is 0 Å². The maximum Gasteiger partial charge on any atom is 0.305 e. The van der Waals surface area contributed by atoms with Gasteiger partial charge in [-0.1, -0.05) is 44.1 Å². The van der Waals surface area contributed by atoms with Gasteiger partial charge in [0, 0.05) is 6.42 Å². The second-order valence-electron chi connectivity index (χ2n) is 5.47. The summed E-state index contributed by atoms with van der Waals surface area (Å²) in [4.78, 5) is 11.5. The van der Waals surface area contributed by atoms with Gasteiger partial charge < -0.3 is 4.74 Å². The number of carbonyl (C=O) groups is 1. The number of rotatable bonds is 14. The number of unbranched alkanes of at least 4 members (excludes halogenated alkanes) is 7. The standard InChI is InChI=1S/C19H34O2/c1-3-5-7-9-11-13-15-17-19(20)21-18-16-14-12-10-8-6-4-2/h3,5-6,8H,4,7,9-18H2,1-2H3/b5-3-,8-6?. The third-order valence-electron chi connectivity index (χ3n) is 3.42. The van der Waals surface area contributed by atoms with Crippen molar-refractivity contribution >= 4 is 5.97 Å². The van der Waals surface area contributed by atoms with Crippen molar-refractivity contribution in [3.8, 4) is 0 Å². The summed E-state index contributed by atoms with van der Waals surface area (Å²) in [6.45, 7) is 4.80. The molecule has 0 aromatic heterocycles. The Balaban J connectivity index is 3.21. The van der Waals surface area contributed by atoms with E-state index in [0.29, 0.717) is 13.0 Å². The van der Waals surface area contributed by atoms with Crippen molar-refractivity contribution in [1.82, 2.24) is 0 Å². The largest absolute Gasteiger partial charge is 0.466 e. The summed E-state index contributed by atoms with van der Waals surface area (Å²) in [6.07, 6.45) is 20.6. The third-order valence-corrected chi connectivity index (χ3v) is 3.42. The smallest absolute Gasteiger partial charge is 0.305 e. The van der Waals surface area contributed by atoms with Gasteiger partial charge in [-0.05, 0) is 58.3 Å². The van der Waals surface area contributed by atoms with Gasteiger partial charge in [-0.3, -0.25) is 4.79 Å². The molecule has 0 atom stereocenters. The summed E-state index contributed by atoms with van der Waals surface area (Å²) >= 11 is 0. The predicted molar refractivity (Wildman–Crippen MR) is 91.4 cm³/mol. The van der Waals surface area contributed by atoms with Crippen LogP contribution in [0.1, 0.15) is 84.5 Å². The van der Waals surface area contributed by atoms with E-state index in [4.69, 9.17) is 4.74 Å². The number of allylic oxidation sites excluding steroid dienone is 4. The first-order valence-electron chi connectivity index (χ1n) is 8.73. The zero-order valence-corrected chi connectivity index (χ0v) is 14.1. The summed E-state index contributed by atoms with van der Waals surface area (Å²) in [5.74, 6) is -0.0191. The van der Waals surface area contributed by atoms with Gasteiger partial charge in [-0.15, -0.1) is 0 Å². The molecular formula is C19H34O2. The maximum absolute atomic E-state index is 11.5. The Bertz CT molecular complexity index is 279. The Morgan fingerprint density at radius 1 is 0.857 bits per heavy atom. The molecule has 0 heterocycles. The summed E-state index contributed by atoms with van der Waals surface area (Å²) in [6, 6.07) is 0. The average molecular weight is 294 g/mol. The van der Waals surface area contributed by atoms with E-state index in [2.05, 4.69) is 38.2 Å². The Hall–Kier alpha value is -1.05. The highest BCUT2D eigenvalue weighted by molar-refractivity contribution is 5.69. The van der Waals surface area contributed by atoms with E-state index < -0.39 is 0 Å². The second kappa shape index (κ2) is 17.0. The van der Waals surface area contributed by atoms with E-state index in [1.807, 2.05) is 0 Å². The zero-order valence-electron chi connectivity index (χ0n) is 14.1. The van der Waals surface area contributed by atoms with Crippen LogP contribution in [0, 0.1) is 0 Å². The molecule has 0 aromatic rings. The Morgan fingerprint density at radius 2 is 1.52 bits per heavy atom. The summed E-state index contributed by atoms with van der Waals surface area (Å²) in [5.41, 5.74) is 0. The van der Waals surface area contributed by atoms with Gasteiger partial charge in [0.25, 0.3) is 0 Å². The average Bonchev–Trinajstić information content (AvgIpc) is 2.49. The number of ether oxygens (including phenoxy) is 1. The molecule has 0 aromatic carbocycles. The molecule has 2 heteroatoms. The van der Waals surface area contributed by atoms with E-state index in [1.54, 1.807) is 0 Å². The minimum absolute atomic E-state index is 0.0191. The van der Waals surface area contributed by atoms with Crippen molar-refractivity contribution in [3.63, 3.8) is 0 Å². The van der Waals surface area contributed by atoms with Gasteiger partial charge in [0.05, 0.1) is 6.61 Å². The molecule has 0 bridgehead atoms. The Morgan fingerprint density at radius 3 is 2.24 bits per heavy atom. The molecule has 0 aliphatic heterocycles. The fraction of sp³-hybridized carbons (Fsp3) is 0.737. The lowest BCUT2D eigenvalue weighted by molar-refractivity contribution is -0.143. The normalized spacial score (nSPS) is 11.5. The quantitative estimate of drug-likeness (QED) is 0.224. The highest BCUT2D eigenvalue weighted by Gasteiger charge is 2.01. The Kier molecular flexibility index (Phi) is 16.2. The van der Waals surface area contributed by atoms with Crippen LogP contribution in [0.25, 0.3) is 0 Å². The van der Waals surface area contributed by atoms with Gasteiger partial charge in [0.15, 0.2) is 0 Å². The fourth-order valence-electron chi connectivity index (χ4n) is 2.14. The number of esters is 1. The van der Waals surface area contributed by atoms with Crippen LogP contribution >= 0.6 is 0 Å². The first-order chi connectivity index (χ1) is 10.3. The molecule has 0 saturated heterocycles. The van der Waals surface area contributed by atoms with E-state index in [0.717, 1.165) is 44.9 Å². The summed E-state index contributed by atoms with van der Waals surface area (Å²) in [7, 11) is 0. The van der Waals surface area contributed by atoms with Crippen molar-refractivity contribution in [2.75, 3.05) is 6.61 Å². The van der Waals surface area contributed by atoms with Crippen molar-refractivity contribution in [2.45, 2.75) is 84.5 Å². The van der Waals surface area contributed by atoms with E-state index in [9.17, 15) is 4.79 Å². The molecule has 0 amide bonds. The second-order valence-corrected chi connectivity index (χ2v) is 5.47. The molecule has 0 rings (SSSR count). The van der Waals surface area contributed by atoms with Gasteiger partial charge in [-0.25, -0.2) is 0 Å². The van der Waals surface area contributed by atoms with Crippen LogP contribution in [0.5, 0.6) is 0 Å². The molecule has 0 fully saturated rings. The number of hydrogen-bond acceptors (Lipinski definition) is 2. The van der Waals surface area contributed by atoms with E-state index in [1.165, 1.54) is 19.3 Å². The lowest BCUT2D eigenvalue weighted by Gasteiger charge is -2.04. The van der Waals surface area contributed by atoms with Gasteiger partial charge in [-0.2, -0.15) is 0 Å². The van der Waals surface area contributed by atoms with Crippen molar-refractivity contribution in [2.24, 2.45) is 0 Å². The van der Waals surface area contributed by atoms with E-state index >= 15 is 0 Å². The number of hydrogen-bond donors (Lipinski definition) is 0. The molecule has 2 nitrogen and oxygen atoms in total. The van der Waals surface area contributed by atoms with Crippen LogP contribution in [-0.2, 0) is 9.53 Å². The molecule has 0 spiro atoms. The topological polar surface area (TPSA) is 26.3 Å². The molecule has 0 radical (unpaired) electrons. The lowest BCUT2D eigenvalue weighted by Crippen LogP contribution is -2.05. The molecule has 0 saturated carbocycles. The minimum atomic E-state index is -0.0191. The van der Waals surface area contributed by atoms with Crippen LogP contribution in [0.15, 0.2) is 24.3 Å². The lowest BCUT2D eigenvalue weighted by atomic mass is 10.1. The van der Waals surface area contributed by atoms with Crippen molar-refractivity contribution < 1.29 is 9.53 Å². The molecular weight excluding hydrogens is 260 g/mol. The van der Waals surface area contributed by atoms with Crippen molar-refractivity contribution in [3.05, 3.63) is 24.3 Å². The zero-order chi connectivity index (χ0) is 15.6. The fourth-order valence-corrected chi connectivity index (χ4v) is 2.14. The Labute approximate surface area is 131 Å². The molecule has 0 aliphatic rings. The van der Waals surface area contributed by atoms with Gasteiger partial charge >= 0.3 is 5.97 Å². The van der Waals surface area contributed by atoms with Crippen LogP contribution in [-0.4, -0.2) is 12.6 Å². The van der Waals surface area contributed by atoms with Crippen LogP contribution in [0.3, 0.4) is 0 Å². The first kappa shape index (κ1) is 19.9. The highest BCUT2D eigenvalue weighted by atomic mass is 16.5. The molecule has 0 aliphatic carbocycles. The van der Waals surface area contributed by atoms with Gasteiger partial charge in [0.2, 0.25) is 0 Å².